The Balaban J connectivity index is 1.62. The normalized spacial score (nSPS) is 15.9. The maximum atomic E-state index is 12.5. The second-order valence-corrected chi connectivity index (χ2v) is 7.35. The summed E-state index contributed by atoms with van der Waals surface area (Å²) in [5.41, 5.74) is 1.35. The lowest BCUT2D eigenvalue weighted by Gasteiger charge is -2.31. The molecular weight excluding hydrogens is 358 g/mol. The third-order valence-corrected chi connectivity index (χ3v) is 5.11. The van der Waals surface area contributed by atoms with Gasteiger partial charge >= 0.3 is 5.97 Å². The molecule has 2 aromatic rings. The predicted molar refractivity (Wildman–Crippen MR) is 104 cm³/mol. The maximum Gasteiger partial charge on any atom is 0.375 e. The van der Waals surface area contributed by atoms with Crippen molar-refractivity contribution in [1.82, 2.24) is 4.90 Å². The van der Waals surface area contributed by atoms with E-state index in [0.29, 0.717) is 30.3 Å². The molecule has 6 heteroatoms. The molecule has 1 aromatic carbocycles. The summed E-state index contributed by atoms with van der Waals surface area (Å²) in [6.07, 6.45) is 1.08. The molecule has 1 fully saturated rings. The van der Waals surface area contributed by atoms with Gasteiger partial charge in [-0.3, -0.25) is 9.59 Å². The summed E-state index contributed by atoms with van der Waals surface area (Å²) in [4.78, 5) is 37.9. The lowest BCUT2D eigenvalue weighted by atomic mass is 9.99. The van der Waals surface area contributed by atoms with E-state index in [0.717, 1.165) is 18.4 Å². The van der Waals surface area contributed by atoms with E-state index < -0.39 is 12.1 Å². The predicted octanol–water partition coefficient (Wildman–Crippen LogP) is 3.95. The second kappa shape index (κ2) is 8.42. The molecule has 1 aromatic heterocycles. The number of Topliss-reactive ketones (excluding diaryl/α,β-unsaturated/α-hetero) is 1. The molecule has 0 spiro atoms. The molecule has 6 nitrogen and oxygen atoms in total. The Morgan fingerprint density at radius 1 is 1.07 bits per heavy atom. The number of likely N-dealkylation sites (tertiary alicyclic amines) is 1. The Labute approximate surface area is 164 Å². The lowest BCUT2D eigenvalue weighted by Crippen LogP contribution is -2.44. The Morgan fingerprint density at radius 2 is 1.71 bits per heavy atom. The first-order valence-electron chi connectivity index (χ1n) is 9.56. The highest BCUT2D eigenvalue weighted by molar-refractivity contribution is 5.94. The molecule has 1 saturated heterocycles. The van der Waals surface area contributed by atoms with Crippen LogP contribution < -0.4 is 0 Å². The fourth-order valence-electron chi connectivity index (χ4n) is 3.23. The van der Waals surface area contributed by atoms with Crippen LogP contribution in [0.3, 0.4) is 0 Å². The number of amides is 1. The van der Waals surface area contributed by atoms with Crippen molar-refractivity contribution < 1.29 is 23.5 Å². The highest BCUT2D eigenvalue weighted by Crippen LogP contribution is 2.24. The van der Waals surface area contributed by atoms with E-state index in [9.17, 15) is 14.4 Å². The van der Waals surface area contributed by atoms with Crippen LogP contribution in [0, 0.1) is 5.92 Å². The van der Waals surface area contributed by atoms with Crippen molar-refractivity contribution in [2.75, 3.05) is 13.1 Å². The van der Waals surface area contributed by atoms with Gasteiger partial charge in [0.05, 0.1) is 0 Å². The Kier molecular flexibility index (Phi) is 5.97. The molecule has 0 saturated carbocycles. The van der Waals surface area contributed by atoms with Gasteiger partial charge in [0.15, 0.2) is 11.9 Å². The molecule has 28 heavy (non-hydrogen) atoms. The van der Waals surface area contributed by atoms with E-state index in [1.807, 2.05) is 0 Å². The minimum atomic E-state index is -0.857. The second-order valence-electron chi connectivity index (χ2n) is 7.35. The van der Waals surface area contributed by atoms with Crippen LogP contribution in [0.4, 0.5) is 0 Å². The highest BCUT2D eigenvalue weighted by atomic mass is 16.6. The number of carbonyl (C=O) groups excluding carboxylic acids is 3. The first-order valence-corrected chi connectivity index (χ1v) is 9.56. The monoisotopic (exact) mass is 383 g/mol. The molecule has 0 bridgehead atoms. The van der Waals surface area contributed by atoms with Gasteiger partial charge in [-0.15, -0.1) is 0 Å². The van der Waals surface area contributed by atoms with Crippen molar-refractivity contribution in [1.29, 1.82) is 0 Å². The molecule has 0 N–H and O–H groups in total. The number of esters is 1. The molecule has 0 radical (unpaired) electrons. The van der Waals surface area contributed by atoms with E-state index >= 15 is 0 Å². The zero-order chi connectivity index (χ0) is 20.3. The summed E-state index contributed by atoms with van der Waals surface area (Å²) in [5, 5.41) is 0. The molecule has 2 heterocycles. The summed E-state index contributed by atoms with van der Waals surface area (Å²) in [6, 6.07) is 10.1. The summed E-state index contributed by atoms with van der Waals surface area (Å²) in [7, 11) is 0. The van der Waals surface area contributed by atoms with Gasteiger partial charge in [-0.2, -0.15) is 0 Å². The van der Waals surface area contributed by atoms with Crippen molar-refractivity contribution in [2.24, 2.45) is 5.92 Å². The molecule has 1 aliphatic heterocycles. The Hall–Kier alpha value is -2.89. The van der Waals surface area contributed by atoms with Crippen LogP contribution in [0.5, 0.6) is 0 Å². The smallest absolute Gasteiger partial charge is 0.375 e. The average molecular weight is 383 g/mol. The topological polar surface area (TPSA) is 76.8 Å². The zero-order valence-corrected chi connectivity index (χ0v) is 16.4. The summed E-state index contributed by atoms with van der Waals surface area (Å²) in [6.45, 7) is 6.66. The van der Waals surface area contributed by atoms with Crippen LogP contribution in [-0.2, 0) is 9.53 Å². The van der Waals surface area contributed by atoms with E-state index in [1.54, 1.807) is 42.2 Å². The van der Waals surface area contributed by atoms with Gasteiger partial charge in [0.25, 0.3) is 5.91 Å². The number of carbonyl (C=O) groups is 3. The molecule has 1 atom stereocenters. The molecule has 0 aliphatic carbocycles. The highest BCUT2D eigenvalue weighted by Gasteiger charge is 2.28. The van der Waals surface area contributed by atoms with E-state index in [-0.39, 0.29) is 17.5 Å². The van der Waals surface area contributed by atoms with Crippen LogP contribution in [0.1, 0.15) is 54.5 Å². The van der Waals surface area contributed by atoms with Gasteiger partial charge in [0.2, 0.25) is 5.76 Å². The van der Waals surface area contributed by atoms with Crippen molar-refractivity contribution >= 4 is 17.7 Å². The number of nitrogens with zero attached hydrogens (tertiary/aromatic N) is 1. The number of furan rings is 1. The molecule has 1 aliphatic rings. The van der Waals surface area contributed by atoms with Crippen molar-refractivity contribution in [2.45, 2.75) is 39.7 Å². The van der Waals surface area contributed by atoms with E-state index in [4.69, 9.17) is 9.15 Å². The van der Waals surface area contributed by atoms with Gasteiger partial charge in [-0.1, -0.05) is 31.2 Å². The standard InChI is InChI=1S/C22H25NO5/c1-14-10-12-23(13-11-14)21(25)16(3)27-22(26)20-9-8-19(28-20)18-6-4-17(5-7-18)15(2)24/h4-9,14,16H,10-13H2,1-3H3. The van der Waals surface area contributed by atoms with Crippen LogP contribution in [0.2, 0.25) is 0 Å². The fourth-order valence-corrected chi connectivity index (χ4v) is 3.23. The largest absolute Gasteiger partial charge is 0.449 e. The van der Waals surface area contributed by atoms with Crippen LogP contribution in [0.15, 0.2) is 40.8 Å². The SMILES string of the molecule is CC(=O)c1ccc(-c2ccc(C(=O)OC(C)C(=O)N3CCC(C)CC3)o2)cc1. The minimum absolute atomic E-state index is 0.0166. The quantitative estimate of drug-likeness (QED) is 0.577. The first kappa shape index (κ1) is 19.9. The van der Waals surface area contributed by atoms with Gasteiger partial charge in [0.1, 0.15) is 5.76 Å². The number of piperidine rings is 1. The Bertz CT molecular complexity index is 859. The number of ether oxygens (including phenoxy) is 1. The van der Waals surface area contributed by atoms with Crippen LogP contribution >= 0.6 is 0 Å². The number of benzene rings is 1. The molecule has 1 amide bonds. The van der Waals surface area contributed by atoms with Crippen molar-refractivity contribution in [3.05, 3.63) is 47.7 Å². The fraction of sp³-hybridized carbons (Fsp3) is 0.409. The first-order chi connectivity index (χ1) is 13.3. The van der Waals surface area contributed by atoms with E-state index in [1.165, 1.54) is 13.0 Å². The lowest BCUT2D eigenvalue weighted by molar-refractivity contribution is -0.141. The van der Waals surface area contributed by atoms with Gasteiger partial charge in [0, 0.05) is 24.2 Å². The minimum Gasteiger partial charge on any atom is -0.449 e. The number of rotatable bonds is 5. The number of hydrogen-bond acceptors (Lipinski definition) is 5. The molecule has 1 unspecified atom stereocenters. The third-order valence-electron chi connectivity index (χ3n) is 5.11. The van der Waals surface area contributed by atoms with Crippen LogP contribution in [0.25, 0.3) is 11.3 Å². The Morgan fingerprint density at radius 3 is 2.32 bits per heavy atom. The zero-order valence-electron chi connectivity index (χ0n) is 16.4. The van der Waals surface area contributed by atoms with E-state index in [2.05, 4.69) is 6.92 Å². The summed E-state index contributed by atoms with van der Waals surface area (Å²) < 4.78 is 10.9. The van der Waals surface area contributed by atoms with Crippen LogP contribution in [-0.4, -0.2) is 41.8 Å². The van der Waals surface area contributed by atoms with Crippen molar-refractivity contribution in [3.8, 4) is 11.3 Å². The number of ketones is 1. The average Bonchev–Trinajstić information content (AvgIpc) is 3.18. The molecule has 148 valence electrons. The molecule has 3 rings (SSSR count). The van der Waals surface area contributed by atoms with Crippen molar-refractivity contribution in [3.63, 3.8) is 0 Å². The molecular formula is C22H25NO5. The third kappa shape index (κ3) is 4.50. The maximum absolute atomic E-state index is 12.5. The van der Waals surface area contributed by atoms with Gasteiger partial charge in [-0.05, 0) is 44.7 Å². The summed E-state index contributed by atoms with van der Waals surface area (Å²) in [5.74, 6) is 0.290. The summed E-state index contributed by atoms with van der Waals surface area (Å²) >= 11 is 0. The number of hydrogen-bond donors (Lipinski definition) is 0. The van der Waals surface area contributed by atoms with Gasteiger partial charge in [-0.25, -0.2) is 4.79 Å². The van der Waals surface area contributed by atoms with Gasteiger partial charge < -0.3 is 14.1 Å².